The second-order valence-corrected chi connectivity index (χ2v) is 5.43. The second kappa shape index (κ2) is 7.52. The fourth-order valence-electron chi connectivity index (χ4n) is 2.50. The number of H-pyrrole nitrogens is 1. The Morgan fingerprint density at radius 2 is 2.00 bits per heavy atom. The van der Waals surface area contributed by atoms with E-state index in [1.54, 1.807) is 36.4 Å². The van der Waals surface area contributed by atoms with Crippen molar-refractivity contribution in [1.29, 1.82) is 0 Å². The van der Waals surface area contributed by atoms with Crippen molar-refractivity contribution in [3.8, 4) is 22.8 Å². The molecule has 0 spiro atoms. The Bertz CT molecular complexity index is 1000. The highest BCUT2D eigenvalue weighted by molar-refractivity contribution is 5.96. The van der Waals surface area contributed by atoms with Gasteiger partial charge >= 0.3 is 0 Å². The van der Waals surface area contributed by atoms with Crippen LogP contribution >= 0.6 is 0 Å². The Hall–Kier alpha value is -3.95. The number of aromatic amines is 1. The summed E-state index contributed by atoms with van der Waals surface area (Å²) >= 11 is 0. The van der Waals surface area contributed by atoms with Crippen molar-refractivity contribution in [3.05, 3.63) is 63.8 Å². The molecule has 0 saturated carbocycles. The topological polar surface area (TPSA) is 146 Å². The third-order valence-corrected chi connectivity index (χ3v) is 3.79. The lowest BCUT2D eigenvalue weighted by atomic mass is 10.1. The van der Waals surface area contributed by atoms with Crippen molar-refractivity contribution < 1.29 is 19.2 Å². The molecule has 0 aliphatic carbocycles. The predicted molar refractivity (Wildman–Crippen MR) is 94.3 cm³/mol. The molecule has 3 rings (SSSR count). The first-order valence-corrected chi connectivity index (χ1v) is 7.75. The Morgan fingerprint density at radius 3 is 2.70 bits per heavy atom. The van der Waals surface area contributed by atoms with Crippen LogP contribution in [0.15, 0.2) is 42.5 Å². The number of nitrogens with zero attached hydrogens (tertiary/aromatic N) is 3. The van der Waals surface area contributed by atoms with Crippen LogP contribution in [0.25, 0.3) is 11.3 Å². The van der Waals surface area contributed by atoms with Gasteiger partial charge in [-0.15, -0.1) is 0 Å². The first-order chi connectivity index (χ1) is 13.0. The standard InChI is InChI=1S/C17H15N5O5/c1-26-14-8-10(15-16(17(18)23)20-21-19-15)6-7-13(14)27-9-11-4-2-3-5-12(11)22(24)25/h2-8H,9H2,1H3,(H2,18,23)(H,19,20,21). The minimum atomic E-state index is -0.713. The van der Waals surface area contributed by atoms with Gasteiger partial charge in [-0.25, -0.2) is 0 Å². The minimum absolute atomic E-state index is 0.00521. The first-order valence-electron chi connectivity index (χ1n) is 7.75. The van der Waals surface area contributed by atoms with Gasteiger partial charge in [0.1, 0.15) is 12.3 Å². The minimum Gasteiger partial charge on any atom is -0.493 e. The summed E-state index contributed by atoms with van der Waals surface area (Å²) in [5.74, 6) is 0.0301. The quantitative estimate of drug-likeness (QED) is 0.478. The highest BCUT2D eigenvalue weighted by Crippen LogP contribution is 2.33. The molecule has 0 fully saturated rings. The van der Waals surface area contributed by atoms with Crippen LogP contribution in [0.2, 0.25) is 0 Å². The third kappa shape index (κ3) is 3.68. The number of nitrogens with one attached hydrogen (secondary N) is 1. The van der Waals surface area contributed by atoms with Gasteiger partial charge in [-0.2, -0.15) is 15.4 Å². The van der Waals surface area contributed by atoms with Gasteiger partial charge in [-0.05, 0) is 24.3 Å². The predicted octanol–water partition coefficient (Wildman–Crippen LogP) is 2.07. The summed E-state index contributed by atoms with van der Waals surface area (Å²) < 4.78 is 11.0. The molecule has 0 aliphatic heterocycles. The van der Waals surface area contributed by atoms with Gasteiger partial charge < -0.3 is 15.2 Å². The zero-order valence-electron chi connectivity index (χ0n) is 14.2. The SMILES string of the molecule is COc1cc(-c2n[nH]nc2C(N)=O)ccc1OCc1ccccc1[N+](=O)[O-]. The van der Waals surface area contributed by atoms with Gasteiger partial charge in [-0.3, -0.25) is 14.9 Å². The smallest absolute Gasteiger partial charge is 0.276 e. The molecule has 10 heteroatoms. The van der Waals surface area contributed by atoms with E-state index >= 15 is 0 Å². The highest BCUT2D eigenvalue weighted by atomic mass is 16.6. The second-order valence-electron chi connectivity index (χ2n) is 5.43. The van der Waals surface area contributed by atoms with Crippen LogP contribution in [0.4, 0.5) is 5.69 Å². The monoisotopic (exact) mass is 369 g/mol. The van der Waals surface area contributed by atoms with Crippen molar-refractivity contribution in [2.24, 2.45) is 5.73 Å². The largest absolute Gasteiger partial charge is 0.493 e. The van der Waals surface area contributed by atoms with Crippen molar-refractivity contribution in [1.82, 2.24) is 15.4 Å². The summed E-state index contributed by atoms with van der Waals surface area (Å²) in [6, 6.07) is 11.2. The maximum absolute atomic E-state index is 11.4. The van der Waals surface area contributed by atoms with Gasteiger partial charge in [-0.1, -0.05) is 12.1 Å². The molecule has 0 bridgehead atoms. The van der Waals surface area contributed by atoms with E-state index in [9.17, 15) is 14.9 Å². The summed E-state index contributed by atoms with van der Waals surface area (Å²) in [6.45, 7) is -0.0106. The number of nitro groups is 1. The molecule has 2 aromatic carbocycles. The molecular formula is C17H15N5O5. The Kier molecular flexibility index (Phi) is 4.97. The Balaban J connectivity index is 1.87. The molecule has 138 valence electrons. The number of nitrogens with two attached hydrogens (primary N) is 1. The lowest BCUT2D eigenvalue weighted by Gasteiger charge is -2.12. The van der Waals surface area contributed by atoms with Gasteiger partial charge in [0, 0.05) is 11.6 Å². The van der Waals surface area contributed by atoms with Crippen LogP contribution in [-0.4, -0.2) is 33.4 Å². The van der Waals surface area contributed by atoms with Crippen LogP contribution < -0.4 is 15.2 Å². The van der Waals surface area contributed by atoms with Crippen LogP contribution in [-0.2, 0) is 6.61 Å². The van der Waals surface area contributed by atoms with E-state index in [2.05, 4.69) is 15.4 Å². The number of aromatic nitrogens is 3. The average molecular weight is 369 g/mol. The first kappa shape index (κ1) is 17.9. The van der Waals surface area contributed by atoms with Crippen molar-refractivity contribution in [3.63, 3.8) is 0 Å². The van der Waals surface area contributed by atoms with Gasteiger partial charge in [0.15, 0.2) is 17.2 Å². The van der Waals surface area contributed by atoms with Crippen molar-refractivity contribution in [2.75, 3.05) is 7.11 Å². The van der Waals surface area contributed by atoms with E-state index in [0.29, 0.717) is 22.6 Å². The zero-order chi connectivity index (χ0) is 19.4. The number of amides is 1. The van der Waals surface area contributed by atoms with E-state index in [0.717, 1.165) is 0 Å². The number of carbonyl (C=O) groups excluding carboxylic acids is 1. The molecule has 10 nitrogen and oxygen atoms in total. The molecule has 0 aliphatic rings. The molecular weight excluding hydrogens is 354 g/mol. The number of rotatable bonds is 7. The fraction of sp³-hybridized carbons (Fsp3) is 0.118. The van der Waals surface area contributed by atoms with E-state index in [1.807, 2.05) is 0 Å². The summed E-state index contributed by atoms with van der Waals surface area (Å²) in [5, 5.41) is 21.1. The molecule has 27 heavy (non-hydrogen) atoms. The number of ether oxygens (including phenoxy) is 2. The van der Waals surface area contributed by atoms with Gasteiger partial charge in [0.2, 0.25) is 0 Å². The normalized spacial score (nSPS) is 10.4. The summed E-state index contributed by atoms with van der Waals surface area (Å²) in [4.78, 5) is 22.0. The van der Waals surface area contributed by atoms with E-state index < -0.39 is 10.8 Å². The van der Waals surface area contributed by atoms with E-state index in [4.69, 9.17) is 15.2 Å². The highest BCUT2D eigenvalue weighted by Gasteiger charge is 2.18. The average Bonchev–Trinajstić information content (AvgIpc) is 3.16. The van der Waals surface area contributed by atoms with Crippen LogP contribution in [0.1, 0.15) is 16.1 Å². The van der Waals surface area contributed by atoms with Crippen LogP contribution in [0.5, 0.6) is 11.5 Å². The van der Waals surface area contributed by atoms with Crippen LogP contribution in [0, 0.1) is 10.1 Å². The molecule has 1 amide bonds. The number of nitro benzene ring substituents is 1. The molecule has 0 radical (unpaired) electrons. The van der Waals surface area contributed by atoms with E-state index in [1.165, 1.54) is 13.2 Å². The molecule has 1 heterocycles. The van der Waals surface area contributed by atoms with E-state index in [-0.39, 0.29) is 23.7 Å². The number of primary amides is 1. The molecule has 0 atom stereocenters. The maximum Gasteiger partial charge on any atom is 0.276 e. The Morgan fingerprint density at radius 1 is 1.22 bits per heavy atom. The lowest BCUT2D eigenvalue weighted by molar-refractivity contribution is -0.385. The number of methoxy groups -OCH3 is 1. The number of carbonyl (C=O) groups is 1. The zero-order valence-corrected chi connectivity index (χ0v) is 14.2. The summed E-state index contributed by atoms with van der Waals surface area (Å²) in [5.41, 5.74) is 6.52. The summed E-state index contributed by atoms with van der Waals surface area (Å²) in [6.07, 6.45) is 0. The molecule has 0 saturated heterocycles. The Labute approximate surface area is 153 Å². The van der Waals surface area contributed by atoms with Gasteiger partial charge in [0.05, 0.1) is 17.6 Å². The number of hydrogen-bond donors (Lipinski definition) is 2. The number of hydrogen-bond acceptors (Lipinski definition) is 7. The number of para-hydroxylation sites is 1. The lowest BCUT2D eigenvalue weighted by Crippen LogP contribution is -2.12. The molecule has 1 aromatic heterocycles. The maximum atomic E-state index is 11.4. The van der Waals surface area contributed by atoms with Gasteiger partial charge in [0.25, 0.3) is 11.6 Å². The van der Waals surface area contributed by atoms with Crippen molar-refractivity contribution in [2.45, 2.75) is 6.61 Å². The van der Waals surface area contributed by atoms with Crippen LogP contribution in [0.3, 0.4) is 0 Å². The molecule has 3 N–H and O–H groups in total. The molecule has 3 aromatic rings. The summed E-state index contributed by atoms with van der Waals surface area (Å²) in [7, 11) is 1.45. The fourth-order valence-corrected chi connectivity index (χ4v) is 2.50. The molecule has 0 unspecified atom stereocenters. The van der Waals surface area contributed by atoms with Crippen molar-refractivity contribution >= 4 is 11.6 Å². The number of benzene rings is 2. The third-order valence-electron chi connectivity index (χ3n) is 3.79.